The lowest BCUT2D eigenvalue weighted by Crippen LogP contribution is -2.47. The summed E-state index contributed by atoms with van der Waals surface area (Å²) in [5.74, 6) is 0.617. The van der Waals surface area contributed by atoms with Gasteiger partial charge in [0, 0.05) is 37.0 Å². The highest BCUT2D eigenvalue weighted by atomic mass is 35.5. The topological polar surface area (TPSA) is 82.5 Å². The normalized spacial score (nSPS) is 20.8. The van der Waals surface area contributed by atoms with Crippen molar-refractivity contribution in [2.24, 2.45) is 5.92 Å². The lowest BCUT2D eigenvalue weighted by Gasteiger charge is -2.31. The SMILES string of the molecule is CCS(=O)(=O)N[C@H]1CCOC[C@@H]1COc1ccc(-n2cccn2)c(Cl)c1. The second kappa shape index (κ2) is 8.39. The van der Waals surface area contributed by atoms with Crippen LogP contribution in [0.2, 0.25) is 5.02 Å². The zero-order valence-corrected chi connectivity index (χ0v) is 16.0. The average Bonchev–Trinajstić information content (AvgIpc) is 3.15. The molecule has 0 amide bonds. The molecule has 9 heteroatoms. The Morgan fingerprint density at radius 2 is 2.31 bits per heavy atom. The van der Waals surface area contributed by atoms with Crippen LogP contribution in [0.5, 0.6) is 5.75 Å². The number of hydrogen-bond acceptors (Lipinski definition) is 5. The molecule has 1 aliphatic rings. The number of hydrogen-bond donors (Lipinski definition) is 1. The molecule has 0 spiro atoms. The van der Waals surface area contributed by atoms with Gasteiger partial charge in [0.1, 0.15) is 5.75 Å². The summed E-state index contributed by atoms with van der Waals surface area (Å²) in [7, 11) is -3.26. The third-order valence-corrected chi connectivity index (χ3v) is 6.04. The minimum atomic E-state index is -3.26. The summed E-state index contributed by atoms with van der Waals surface area (Å²) < 4.78 is 39.5. The molecular formula is C17H22ClN3O4S. The Morgan fingerprint density at radius 1 is 1.46 bits per heavy atom. The zero-order valence-electron chi connectivity index (χ0n) is 14.5. The third-order valence-electron chi connectivity index (χ3n) is 4.32. The monoisotopic (exact) mass is 399 g/mol. The maximum Gasteiger partial charge on any atom is 0.211 e. The zero-order chi connectivity index (χ0) is 18.6. The minimum absolute atomic E-state index is 0.0580. The first kappa shape index (κ1) is 19.2. The molecule has 142 valence electrons. The quantitative estimate of drug-likeness (QED) is 0.772. The van der Waals surface area contributed by atoms with Gasteiger partial charge in [-0.15, -0.1) is 0 Å². The van der Waals surface area contributed by atoms with Crippen molar-refractivity contribution >= 4 is 21.6 Å². The molecule has 1 aliphatic heterocycles. The largest absolute Gasteiger partial charge is 0.493 e. The van der Waals surface area contributed by atoms with Gasteiger partial charge < -0.3 is 9.47 Å². The molecule has 0 unspecified atom stereocenters. The molecule has 3 rings (SSSR count). The van der Waals surface area contributed by atoms with Gasteiger partial charge in [-0.2, -0.15) is 5.10 Å². The summed E-state index contributed by atoms with van der Waals surface area (Å²) in [6.45, 7) is 2.96. The lowest BCUT2D eigenvalue weighted by molar-refractivity contribution is 0.0186. The van der Waals surface area contributed by atoms with E-state index in [4.69, 9.17) is 21.1 Å². The molecule has 1 fully saturated rings. The molecule has 0 bridgehead atoms. The van der Waals surface area contributed by atoms with Crippen LogP contribution < -0.4 is 9.46 Å². The van der Waals surface area contributed by atoms with Crippen LogP contribution in [0.25, 0.3) is 5.69 Å². The summed E-state index contributed by atoms with van der Waals surface area (Å²) >= 11 is 6.32. The summed E-state index contributed by atoms with van der Waals surface area (Å²) in [5, 5.41) is 4.68. The number of halogens is 1. The molecule has 1 N–H and O–H groups in total. The van der Waals surface area contributed by atoms with Crippen LogP contribution in [-0.2, 0) is 14.8 Å². The van der Waals surface area contributed by atoms with E-state index >= 15 is 0 Å². The van der Waals surface area contributed by atoms with Gasteiger partial charge in [-0.25, -0.2) is 17.8 Å². The molecule has 26 heavy (non-hydrogen) atoms. The second-order valence-electron chi connectivity index (χ2n) is 6.13. The molecule has 7 nitrogen and oxygen atoms in total. The van der Waals surface area contributed by atoms with E-state index in [9.17, 15) is 8.42 Å². The van der Waals surface area contributed by atoms with Crippen molar-refractivity contribution in [3.63, 3.8) is 0 Å². The van der Waals surface area contributed by atoms with Gasteiger partial charge in [0.15, 0.2) is 0 Å². The van der Waals surface area contributed by atoms with Crippen molar-refractivity contribution in [2.45, 2.75) is 19.4 Å². The van der Waals surface area contributed by atoms with Gasteiger partial charge in [-0.05, 0) is 31.5 Å². The molecule has 1 saturated heterocycles. The number of nitrogens with one attached hydrogen (secondary N) is 1. The van der Waals surface area contributed by atoms with E-state index in [2.05, 4.69) is 9.82 Å². The van der Waals surface area contributed by atoms with Crippen LogP contribution in [0.4, 0.5) is 0 Å². The molecule has 2 aromatic rings. The van der Waals surface area contributed by atoms with Crippen LogP contribution >= 0.6 is 11.6 Å². The van der Waals surface area contributed by atoms with Gasteiger partial charge >= 0.3 is 0 Å². The smallest absolute Gasteiger partial charge is 0.211 e. The summed E-state index contributed by atoms with van der Waals surface area (Å²) in [4.78, 5) is 0. The van der Waals surface area contributed by atoms with E-state index in [-0.39, 0.29) is 17.7 Å². The number of sulfonamides is 1. The van der Waals surface area contributed by atoms with Crippen molar-refractivity contribution < 1.29 is 17.9 Å². The van der Waals surface area contributed by atoms with Gasteiger partial charge in [0.25, 0.3) is 0 Å². The molecule has 2 atom stereocenters. The van der Waals surface area contributed by atoms with Crippen molar-refractivity contribution in [1.82, 2.24) is 14.5 Å². The van der Waals surface area contributed by atoms with Gasteiger partial charge in [0.2, 0.25) is 10.0 Å². The number of aromatic nitrogens is 2. The maximum atomic E-state index is 11.9. The van der Waals surface area contributed by atoms with Gasteiger partial charge in [-0.1, -0.05) is 11.6 Å². The van der Waals surface area contributed by atoms with Crippen LogP contribution in [0.1, 0.15) is 13.3 Å². The summed E-state index contributed by atoms with van der Waals surface area (Å²) in [6, 6.07) is 7.01. The predicted octanol–water partition coefficient (Wildman–Crippen LogP) is 2.25. The highest BCUT2D eigenvalue weighted by molar-refractivity contribution is 7.89. The first-order chi connectivity index (χ1) is 12.5. The predicted molar refractivity (Wildman–Crippen MR) is 99.4 cm³/mol. The Hall–Kier alpha value is -1.61. The molecule has 0 radical (unpaired) electrons. The first-order valence-electron chi connectivity index (χ1n) is 8.48. The molecular weight excluding hydrogens is 378 g/mol. The molecule has 2 heterocycles. The lowest BCUT2D eigenvalue weighted by atomic mass is 9.98. The molecule has 0 aliphatic carbocycles. The Kier molecular flexibility index (Phi) is 6.18. The van der Waals surface area contributed by atoms with Crippen molar-refractivity contribution in [3.05, 3.63) is 41.7 Å². The fourth-order valence-corrected chi connectivity index (χ4v) is 4.00. The van der Waals surface area contributed by atoms with E-state index in [1.54, 1.807) is 23.9 Å². The van der Waals surface area contributed by atoms with E-state index in [1.165, 1.54) is 0 Å². The van der Waals surface area contributed by atoms with Crippen molar-refractivity contribution in [3.8, 4) is 11.4 Å². The van der Waals surface area contributed by atoms with Crippen LogP contribution in [-0.4, -0.2) is 49.8 Å². The second-order valence-corrected chi connectivity index (χ2v) is 8.58. The Bertz CT molecular complexity index is 827. The van der Waals surface area contributed by atoms with Crippen molar-refractivity contribution in [2.75, 3.05) is 25.6 Å². The highest BCUT2D eigenvalue weighted by Gasteiger charge is 2.29. The van der Waals surface area contributed by atoms with Crippen LogP contribution in [0.3, 0.4) is 0 Å². The molecule has 1 aromatic heterocycles. The number of benzene rings is 1. The summed E-state index contributed by atoms with van der Waals surface area (Å²) in [6.07, 6.45) is 4.12. The fourth-order valence-electron chi connectivity index (χ4n) is 2.81. The number of nitrogens with zero attached hydrogens (tertiary/aromatic N) is 2. The Morgan fingerprint density at radius 3 is 3.00 bits per heavy atom. The molecule has 0 saturated carbocycles. The standard InChI is InChI=1S/C17H22ClN3O4S/c1-2-26(22,23)20-16-6-9-24-11-13(16)12-25-14-4-5-17(15(18)10-14)21-8-3-7-19-21/h3-5,7-8,10,13,16,20H,2,6,9,11-12H2,1H3/t13-,16+/m1/s1. The first-order valence-corrected chi connectivity index (χ1v) is 10.5. The number of rotatable bonds is 7. The van der Waals surface area contributed by atoms with E-state index < -0.39 is 10.0 Å². The minimum Gasteiger partial charge on any atom is -0.493 e. The fraction of sp³-hybridized carbons (Fsp3) is 0.471. The summed E-state index contributed by atoms with van der Waals surface area (Å²) in [5.41, 5.74) is 0.763. The van der Waals surface area contributed by atoms with Crippen LogP contribution in [0, 0.1) is 5.92 Å². The van der Waals surface area contributed by atoms with E-state index in [0.29, 0.717) is 37.0 Å². The highest BCUT2D eigenvalue weighted by Crippen LogP contribution is 2.26. The van der Waals surface area contributed by atoms with Crippen LogP contribution in [0.15, 0.2) is 36.7 Å². The number of ether oxygens (including phenoxy) is 2. The van der Waals surface area contributed by atoms with Gasteiger partial charge in [0.05, 0.1) is 29.7 Å². The maximum absolute atomic E-state index is 11.9. The van der Waals surface area contributed by atoms with E-state index in [0.717, 1.165) is 5.69 Å². The Labute approximate surface area is 158 Å². The Balaban J connectivity index is 1.64. The van der Waals surface area contributed by atoms with Gasteiger partial charge in [-0.3, -0.25) is 0 Å². The van der Waals surface area contributed by atoms with E-state index in [1.807, 2.05) is 24.4 Å². The third kappa shape index (κ3) is 4.76. The average molecular weight is 400 g/mol. The van der Waals surface area contributed by atoms with Crippen molar-refractivity contribution in [1.29, 1.82) is 0 Å². The molecule has 1 aromatic carbocycles.